The van der Waals surface area contributed by atoms with E-state index in [9.17, 15) is 4.79 Å². The normalized spacial score (nSPS) is 21.0. The lowest BCUT2D eigenvalue weighted by Gasteiger charge is -2.12. The number of halogens is 1. The van der Waals surface area contributed by atoms with Crippen LogP contribution in [0.5, 0.6) is 0 Å². The van der Waals surface area contributed by atoms with Gasteiger partial charge in [-0.15, -0.1) is 0 Å². The molecule has 1 atom stereocenters. The highest BCUT2D eigenvalue weighted by molar-refractivity contribution is 9.10. The van der Waals surface area contributed by atoms with Gasteiger partial charge in [-0.05, 0) is 43.4 Å². The second kappa shape index (κ2) is 4.09. The average Bonchev–Trinajstić information content (AvgIpc) is 2.60. The minimum absolute atomic E-state index is 0.162. The molecule has 1 unspecified atom stereocenters. The molecule has 15 heavy (non-hydrogen) atoms. The van der Waals surface area contributed by atoms with Crippen LogP contribution in [0.1, 0.15) is 41.9 Å². The monoisotopic (exact) mass is 266 g/mol. The van der Waals surface area contributed by atoms with Crippen molar-refractivity contribution in [1.82, 2.24) is 0 Å². The van der Waals surface area contributed by atoms with Crippen molar-refractivity contribution in [3.8, 4) is 0 Å². The largest absolute Gasteiger partial charge is 0.299 e. The predicted molar refractivity (Wildman–Crippen MR) is 65.2 cm³/mol. The third kappa shape index (κ3) is 2.00. The van der Waals surface area contributed by atoms with Gasteiger partial charge in [-0.2, -0.15) is 0 Å². The van der Waals surface area contributed by atoms with Crippen molar-refractivity contribution in [1.29, 1.82) is 0 Å². The van der Waals surface area contributed by atoms with Crippen molar-refractivity contribution < 1.29 is 4.79 Å². The number of hydrogen-bond donors (Lipinski definition) is 0. The molecule has 0 bridgehead atoms. The van der Waals surface area contributed by atoms with E-state index < -0.39 is 0 Å². The second-order valence-electron chi connectivity index (χ2n) is 4.38. The number of carbonyl (C=O) groups is 1. The van der Waals surface area contributed by atoms with Crippen LogP contribution in [-0.4, -0.2) is 5.78 Å². The Morgan fingerprint density at radius 3 is 2.33 bits per heavy atom. The quantitative estimate of drug-likeness (QED) is 0.754. The van der Waals surface area contributed by atoms with Crippen LogP contribution in [0.2, 0.25) is 0 Å². The van der Waals surface area contributed by atoms with Gasteiger partial charge in [0.2, 0.25) is 0 Å². The zero-order chi connectivity index (χ0) is 11.0. The molecule has 0 amide bonds. The number of carbonyl (C=O) groups excluding carboxylic acids is 1. The van der Waals surface area contributed by atoms with Gasteiger partial charge in [0.1, 0.15) is 5.78 Å². The van der Waals surface area contributed by atoms with E-state index in [1.165, 1.54) is 16.7 Å². The number of benzene rings is 1. The molecule has 1 aliphatic rings. The lowest BCUT2D eigenvalue weighted by atomic mass is 9.94. The maximum atomic E-state index is 11.7. The summed E-state index contributed by atoms with van der Waals surface area (Å²) in [4.78, 5) is 11.7. The van der Waals surface area contributed by atoms with Gasteiger partial charge >= 0.3 is 0 Å². The van der Waals surface area contributed by atoms with Crippen molar-refractivity contribution >= 4 is 21.7 Å². The van der Waals surface area contributed by atoms with Gasteiger partial charge in [-0.25, -0.2) is 0 Å². The molecule has 80 valence electrons. The highest BCUT2D eigenvalue weighted by Crippen LogP contribution is 2.34. The smallest absolute Gasteiger partial charge is 0.140 e. The lowest BCUT2D eigenvalue weighted by molar-refractivity contribution is -0.118. The highest BCUT2D eigenvalue weighted by Gasteiger charge is 2.26. The fraction of sp³-hybridized carbons (Fsp3) is 0.462. The highest BCUT2D eigenvalue weighted by atomic mass is 79.9. The molecule has 0 heterocycles. The summed E-state index contributed by atoms with van der Waals surface area (Å²) in [6.45, 7) is 4.17. The Balaban J connectivity index is 2.41. The van der Waals surface area contributed by atoms with E-state index in [4.69, 9.17) is 0 Å². The molecule has 1 fully saturated rings. The number of rotatable bonds is 1. The van der Waals surface area contributed by atoms with E-state index in [-0.39, 0.29) is 5.92 Å². The van der Waals surface area contributed by atoms with E-state index in [0.29, 0.717) is 5.78 Å². The maximum absolute atomic E-state index is 11.7. The second-order valence-corrected chi connectivity index (χ2v) is 5.17. The molecule has 2 heteroatoms. The Bertz CT molecular complexity index is 386. The fourth-order valence-corrected chi connectivity index (χ4v) is 2.58. The summed E-state index contributed by atoms with van der Waals surface area (Å²) < 4.78 is 1.16. The molecule has 2 rings (SSSR count). The molecule has 1 aromatic rings. The first kappa shape index (κ1) is 10.9. The van der Waals surface area contributed by atoms with Gasteiger partial charge in [0, 0.05) is 16.8 Å². The molecular weight excluding hydrogens is 252 g/mol. The summed E-state index contributed by atoms with van der Waals surface area (Å²) in [5, 5.41) is 0. The number of Topliss-reactive ketones (excluding diaryl/α,β-unsaturated/α-hetero) is 1. The molecule has 0 N–H and O–H groups in total. The van der Waals surface area contributed by atoms with E-state index in [1.807, 2.05) is 0 Å². The van der Waals surface area contributed by atoms with Gasteiger partial charge in [0.25, 0.3) is 0 Å². The Morgan fingerprint density at radius 1 is 1.27 bits per heavy atom. The first-order chi connectivity index (χ1) is 7.09. The average molecular weight is 267 g/mol. The standard InChI is InChI=1S/C13H15BrO/c1-8-6-10(7-9(2)13(8)14)11-4-3-5-12(11)15/h6-7,11H,3-5H2,1-2H3. The number of ketones is 1. The van der Waals surface area contributed by atoms with Crippen LogP contribution in [0.15, 0.2) is 16.6 Å². The lowest BCUT2D eigenvalue weighted by Crippen LogP contribution is -2.05. The molecule has 1 aromatic carbocycles. The van der Waals surface area contributed by atoms with Crippen LogP contribution in [0.25, 0.3) is 0 Å². The third-order valence-corrected chi connectivity index (χ3v) is 4.42. The molecule has 1 aliphatic carbocycles. The molecule has 0 radical (unpaired) electrons. The zero-order valence-corrected chi connectivity index (χ0v) is 10.7. The molecule has 1 saturated carbocycles. The van der Waals surface area contributed by atoms with Crippen LogP contribution in [0, 0.1) is 13.8 Å². The zero-order valence-electron chi connectivity index (χ0n) is 9.14. The minimum atomic E-state index is 0.162. The third-order valence-electron chi connectivity index (χ3n) is 3.17. The van der Waals surface area contributed by atoms with Crippen molar-refractivity contribution in [2.24, 2.45) is 0 Å². The van der Waals surface area contributed by atoms with Crippen LogP contribution in [0.3, 0.4) is 0 Å². The van der Waals surface area contributed by atoms with E-state index >= 15 is 0 Å². The summed E-state index contributed by atoms with van der Waals surface area (Å²) >= 11 is 3.55. The van der Waals surface area contributed by atoms with Gasteiger partial charge in [-0.3, -0.25) is 4.79 Å². The van der Waals surface area contributed by atoms with Gasteiger partial charge in [0.05, 0.1) is 0 Å². The summed E-state index contributed by atoms with van der Waals surface area (Å²) in [5.41, 5.74) is 3.66. The Hall–Kier alpha value is -0.630. The SMILES string of the molecule is Cc1cc(C2CCCC2=O)cc(C)c1Br. The van der Waals surface area contributed by atoms with Crippen LogP contribution in [-0.2, 0) is 4.79 Å². The Morgan fingerprint density at radius 2 is 1.87 bits per heavy atom. The molecule has 0 aliphatic heterocycles. The van der Waals surface area contributed by atoms with E-state index in [0.717, 1.165) is 23.7 Å². The van der Waals surface area contributed by atoms with E-state index in [2.05, 4.69) is 41.9 Å². The van der Waals surface area contributed by atoms with Gasteiger partial charge < -0.3 is 0 Å². The van der Waals surface area contributed by atoms with Crippen molar-refractivity contribution in [2.75, 3.05) is 0 Å². The van der Waals surface area contributed by atoms with E-state index in [1.54, 1.807) is 0 Å². The first-order valence-electron chi connectivity index (χ1n) is 5.39. The summed E-state index contributed by atoms with van der Waals surface area (Å²) in [7, 11) is 0. The minimum Gasteiger partial charge on any atom is -0.299 e. The Labute approximate surface area is 99.0 Å². The number of aryl methyl sites for hydroxylation is 2. The summed E-state index contributed by atoms with van der Waals surface area (Å²) in [5.74, 6) is 0.576. The topological polar surface area (TPSA) is 17.1 Å². The van der Waals surface area contributed by atoms with Crippen LogP contribution in [0.4, 0.5) is 0 Å². The molecular formula is C13H15BrO. The molecule has 0 saturated heterocycles. The van der Waals surface area contributed by atoms with Crippen molar-refractivity contribution in [3.63, 3.8) is 0 Å². The fourth-order valence-electron chi connectivity index (χ4n) is 2.35. The van der Waals surface area contributed by atoms with Crippen LogP contribution >= 0.6 is 15.9 Å². The summed E-state index contributed by atoms with van der Waals surface area (Å²) in [6, 6.07) is 4.29. The maximum Gasteiger partial charge on any atom is 0.140 e. The van der Waals surface area contributed by atoms with Crippen LogP contribution < -0.4 is 0 Å². The first-order valence-corrected chi connectivity index (χ1v) is 6.18. The van der Waals surface area contributed by atoms with Crippen molar-refractivity contribution in [3.05, 3.63) is 33.3 Å². The molecule has 0 aromatic heterocycles. The predicted octanol–water partition coefficient (Wildman–Crippen LogP) is 3.90. The number of hydrogen-bond acceptors (Lipinski definition) is 1. The Kier molecular flexibility index (Phi) is 2.96. The molecule has 0 spiro atoms. The van der Waals surface area contributed by atoms with Crippen molar-refractivity contribution in [2.45, 2.75) is 39.0 Å². The molecule has 1 nitrogen and oxygen atoms in total. The summed E-state index contributed by atoms with van der Waals surface area (Å²) in [6.07, 6.45) is 2.84. The van der Waals surface area contributed by atoms with Gasteiger partial charge in [-0.1, -0.05) is 28.1 Å². The van der Waals surface area contributed by atoms with Gasteiger partial charge in [0.15, 0.2) is 0 Å².